The molecule has 1 aliphatic heterocycles. The van der Waals surface area contributed by atoms with Gasteiger partial charge in [0.15, 0.2) is 0 Å². The topological polar surface area (TPSA) is 96.0 Å². The molecule has 0 aromatic heterocycles. The zero-order valence-electron chi connectivity index (χ0n) is 14.7. The SMILES string of the molecule is COc1ccccc1S(=O)(=O)NCC1CCN(S(=O)(=O)N(C)C)CC1. The number of benzene rings is 1. The highest BCUT2D eigenvalue weighted by Crippen LogP contribution is 2.24. The van der Waals surface area contributed by atoms with Crippen LogP contribution in [0.15, 0.2) is 29.2 Å². The van der Waals surface area contributed by atoms with E-state index in [0.717, 1.165) is 0 Å². The average molecular weight is 392 g/mol. The molecule has 10 heteroatoms. The van der Waals surface area contributed by atoms with Gasteiger partial charge in [0.1, 0.15) is 10.6 Å². The lowest BCUT2D eigenvalue weighted by Crippen LogP contribution is -2.45. The maximum absolute atomic E-state index is 12.5. The molecule has 1 N–H and O–H groups in total. The second kappa shape index (κ2) is 8.00. The van der Waals surface area contributed by atoms with Gasteiger partial charge in [-0.1, -0.05) is 12.1 Å². The lowest BCUT2D eigenvalue weighted by Gasteiger charge is -2.32. The maximum Gasteiger partial charge on any atom is 0.281 e. The molecule has 0 saturated carbocycles. The third-order valence-corrected chi connectivity index (χ3v) is 7.69. The molecule has 8 nitrogen and oxygen atoms in total. The Kier molecular flexibility index (Phi) is 6.44. The summed E-state index contributed by atoms with van der Waals surface area (Å²) in [6.45, 7) is 1.05. The van der Waals surface area contributed by atoms with E-state index in [1.807, 2.05) is 0 Å². The van der Waals surface area contributed by atoms with Gasteiger partial charge in [0.25, 0.3) is 10.2 Å². The van der Waals surface area contributed by atoms with E-state index in [0.29, 0.717) is 31.7 Å². The number of ether oxygens (including phenoxy) is 1. The minimum Gasteiger partial charge on any atom is -0.495 e. The Labute approximate surface area is 150 Å². The number of hydrogen-bond donors (Lipinski definition) is 1. The van der Waals surface area contributed by atoms with Gasteiger partial charge in [-0.2, -0.15) is 17.0 Å². The molecule has 0 unspecified atom stereocenters. The largest absolute Gasteiger partial charge is 0.495 e. The van der Waals surface area contributed by atoms with E-state index in [4.69, 9.17) is 4.74 Å². The molecule has 0 radical (unpaired) electrons. The number of nitrogens with zero attached hydrogens (tertiary/aromatic N) is 2. The van der Waals surface area contributed by atoms with Crippen LogP contribution in [-0.4, -0.2) is 66.3 Å². The average Bonchev–Trinajstić information content (AvgIpc) is 2.60. The summed E-state index contributed by atoms with van der Waals surface area (Å²) < 4.78 is 59.4. The first-order valence-corrected chi connectivity index (χ1v) is 10.9. The maximum atomic E-state index is 12.5. The highest BCUT2D eigenvalue weighted by Gasteiger charge is 2.30. The minimum absolute atomic E-state index is 0.0955. The number of sulfonamides is 1. The Bertz CT molecular complexity index is 785. The normalized spacial score (nSPS) is 17.8. The van der Waals surface area contributed by atoms with Crippen molar-refractivity contribution < 1.29 is 21.6 Å². The van der Waals surface area contributed by atoms with Crippen LogP contribution in [0, 0.1) is 5.92 Å². The van der Waals surface area contributed by atoms with Gasteiger partial charge in [0.05, 0.1) is 7.11 Å². The van der Waals surface area contributed by atoms with Crippen LogP contribution in [-0.2, 0) is 20.2 Å². The van der Waals surface area contributed by atoms with E-state index < -0.39 is 20.2 Å². The van der Waals surface area contributed by atoms with Gasteiger partial charge in [-0.3, -0.25) is 0 Å². The van der Waals surface area contributed by atoms with Gasteiger partial charge in [0, 0.05) is 33.7 Å². The first kappa shape index (κ1) is 20.1. The van der Waals surface area contributed by atoms with E-state index in [9.17, 15) is 16.8 Å². The van der Waals surface area contributed by atoms with E-state index in [-0.39, 0.29) is 17.4 Å². The molecule has 1 saturated heterocycles. The monoisotopic (exact) mass is 391 g/mol. The second-order valence-corrected chi connectivity index (χ2v) is 10.0. The molecule has 1 aromatic rings. The van der Waals surface area contributed by atoms with Crippen LogP contribution < -0.4 is 9.46 Å². The van der Waals surface area contributed by atoms with E-state index >= 15 is 0 Å². The summed E-state index contributed by atoms with van der Waals surface area (Å²) in [6.07, 6.45) is 1.23. The summed E-state index contributed by atoms with van der Waals surface area (Å²) in [5, 5.41) is 0. The van der Waals surface area contributed by atoms with E-state index in [2.05, 4.69) is 4.72 Å². The summed E-state index contributed by atoms with van der Waals surface area (Å²) in [5.74, 6) is 0.389. The Morgan fingerprint density at radius 3 is 2.32 bits per heavy atom. The molecule has 1 aromatic carbocycles. The smallest absolute Gasteiger partial charge is 0.281 e. The summed E-state index contributed by atoms with van der Waals surface area (Å²) in [7, 11) is -2.65. The zero-order valence-corrected chi connectivity index (χ0v) is 16.3. The third-order valence-electron chi connectivity index (χ3n) is 4.28. The number of methoxy groups -OCH3 is 1. The first-order valence-electron chi connectivity index (χ1n) is 7.98. The third kappa shape index (κ3) is 4.70. The fraction of sp³-hybridized carbons (Fsp3) is 0.600. The van der Waals surface area contributed by atoms with Gasteiger partial charge < -0.3 is 4.74 Å². The highest BCUT2D eigenvalue weighted by atomic mass is 32.2. The molecule has 1 fully saturated rings. The van der Waals surface area contributed by atoms with Crippen LogP contribution in [0.25, 0.3) is 0 Å². The standard InChI is InChI=1S/C15H25N3O5S2/c1-17(2)25(21,22)18-10-8-13(9-11-18)12-16-24(19,20)15-7-5-4-6-14(15)23-3/h4-7,13,16H,8-12H2,1-3H3. The summed E-state index contributed by atoms with van der Waals surface area (Å²) in [5.41, 5.74) is 0. The summed E-state index contributed by atoms with van der Waals surface area (Å²) >= 11 is 0. The Hall–Kier alpha value is -1.20. The van der Waals surface area contributed by atoms with Crippen molar-refractivity contribution in [2.75, 3.05) is 40.8 Å². The fourth-order valence-electron chi connectivity index (χ4n) is 2.72. The predicted molar refractivity (Wildman–Crippen MR) is 95.1 cm³/mol. The molecule has 0 spiro atoms. The molecule has 0 bridgehead atoms. The van der Waals surface area contributed by atoms with Crippen LogP contribution in [0.1, 0.15) is 12.8 Å². The van der Waals surface area contributed by atoms with Crippen LogP contribution in [0.2, 0.25) is 0 Å². The second-order valence-electron chi connectivity index (χ2n) is 6.14. The Balaban J connectivity index is 1.95. The first-order chi connectivity index (χ1) is 11.7. The minimum atomic E-state index is -3.67. The van der Waals surface area contributed by atoms with Crippen molar-refractivity contribution >= 4 is 20.2 Å². The van der Waals surface area contributed by atoms with Gasteiger partial charge in [0.2, 0.25) is 10.0 Å². The summed E-state index contributed by atoms with van der Waals surface area (Å²) in [6, 6.07) is 6.44. The molecule has 0 amide bonds. The quantitative estimate of drug-likeness (QED) is 0.730. The van der Waals surface area contributed by atoms with Gasteiger partial charge >= 0.3 is 0 Å². The number of piperidine rings is 1. The number of nitrogens with one attached hydrogen (secondary N) is 1. The molecule has 25 heavy (non-hydrogen) atoms. The molecular formula is C15H25N3O5S2. The molecule has 1 aliphatic rings. The molecule has 0 aliphatic carbocycles. The Morgan fingerprint density at radius 2 is 1.76 bits per heavy atom. The van der Waals surface area contributed by atoms with Crippen LogP contribution in [0.3, 0.4) is 0 Å². The number of rotatable bonds is 7. The fourth-order valence-corrected chi connectivity index (χ4v) is 5.14. The van der Waals surface area contributed by atoms with Crippen molar-refractivity contribution in [2.45, 2.75) is 17.7 Å². The molecular weight excluding hydrogens is 366 g/mol. The highest BCUT2D eigenvalue weighted by molar-refractivity contribution is 7.89. The van der Waals surface area contributed by atoms with E-state index in [1.165, 1.54) is 35.9 Å². The van der Waals surface area contributed by atoms with Gasteiger partial charge in [-0.15, -0.1) is 0 Å². The van der Waals surface area contributed by atoms with Crippen molar-refractivity contribution in [2.24, 2.45) is 5.92 Å². The summed E-state index contributed by atoms with van der Waals surface area (Å²) in [4.78, 5) is 0.102. The number of hydrogen-bond acceptors (Lipinski definition) is 5. The predicted octanol–water partition coefficient (Wildman–Crippen LogP) is 0.492. The van der Waals surface area contributed by atoms with Crippen molar-refractivity contribution in [1.29, 1.82) is 0 Å². The van der Waals surface area contributed by atoms with Crippen molar-refractivity contribution in [3.63, 3.8) is 0 Å². The lowest BCUT2D eigenvalue weighted by atomic mass is 9.99. The molecule has 1 heterocycles. The zero-order chi connectivity index (χ0) is 18.7. The van der Waals surface area contributed by atoms with Crippen LogP contribution in [0.5, 0.6) is 5.75 Å². The Morgan fingerprint density at radius 1 is 1.16 bits per heavy atom. The number of para-hydroxylation sites is 1. The van der Waals surface area contributed by atoms with Crippen molar-refractivity contribution in [1.82, 2.24) is 13.3 Å². The van der Waals surface area contributed by atoms with Gasteiger partial charge in [-0.25, -0.2) is 13.1 Å². The molecule has 142 valence electrons. The van der Waals surface area contributed by atoms with Crippen LogP contribution >= 0.6 is 0 Å². The van der Waals surface area contributed by atoms with Crippen LogP contribution in [0.4, 0.5) is 0 Å². The van der Waals surface area contributed by atoms with Crippen molar-refractivity contribution in [3.05, 3.63) is 24.3 Å². The van der Waals surface area contributed by atoms with Gasteiger partial charge in [-0.05, 0) is 30.9 Å². The lowest BCUT2D eigenvalue weighted by molar-refractivity contribution is 0.263. The molecule has 0 atom stereocenters. The van der Waals surface area contributed by atoms with Crippen molar-refractivity contribution in [3.8, 4) is 5.75 Å². The molecule has 2 rings (SSSR count). The van der Waals surface area contributed by atoms with E-state index in [1.54, 1.807) is 18.2 Å².